The highest BCUT2D eigenvalue weighted by molar-refractivity contribution is 5.93. The first kappa shape index (κ1) is 25.9. The van der Waals surface area contributed by atoms with Gasteiger partial charge in [-0.25, -0.2) is 0 Å². The fourth-order valence-electron chi connectivity index (χ4n) is 4.67. The van der Waals surface area contributed by atoms with Crippen molar-refractivity contribution in [1.29, 1.82) is 0 Å². The lowest BCUT2D eigenvalue weighted by Gasteiger charge is -2.34. The number of hydrogen-bond donors (Lipinski definition) is 1. The molecule has 3 heterocycles. The second kappa shape index (κ2) is 11.4. The summed E-state index contributed by atoms with van der Waals surface area (Å²) in [5, 5.41) is 4.00. The van der Waals surface area contributed by atoms with Crippen LogP contribution in [0.2, 0.25) is 0 Å². The molecule has 6 nitrogen and oxygen atoms in total. The first-order valence-corrected chi connectivity index (χ1v) is 12.7. The van der Waals surface area contributed by atoms with Gasteiger partial charge in [-0.2, -0.15) is 13.2 Å². The van der Waals surface area contributed by atoms with Crippen molar-refractivity contribution in [3.05, 3.63) is 89.9 Å². The third-order valence-electron chi connectivity index (χ3n) is 6.61. The Kier molecular flexibility index (Phi) is 7.76. The zero-order valence-corrected chi connectivity index (χ0v) is 21.2. The number of aromatic nitrogens is 2. The fourth-order valence-corrected chi connectivity index (χ4v) is 4.67. The molecule has 0 radical (unpaired) electrons. The maximum Gasteiger partial charge on any atom is 0.416 e. The van der Waals surface area contributed by atoms with Gasteiger partial charge in [0, 0.05) is 74.0 Å². The van der Waals surface area contributed by atoms with Crippen LogP contribution in [-0.4, -0.2) is 59.1 Å². The number of pyridine rings is 2. The van der Waals surface area contributed by atoms with E-state index in [0.29, 0.717) is 24.5 Å². The van der Waals surface area contributed by atoms with Crippen LogP contribution in [0.3, 0.4) is 0 Å². The van der Waals surface area contributed by atoms with Crippen molar-refractivity contribution in [2.45, 2.75) is 19.6 Å². The van der Waals surface area contributed by atoms with Gasteiger partial charge in [-0.05, 0) is 43.3 Å². The van der Waals surface area contributed by atoms with Crippen LogP contribution in [-0.2, 0) is 12.7 Å². The van der Waals surface area contributed by atoms with Crippen molar-refractivity contribution < 1.29 is 17.9 Å². The molecule has 5 rings (SSSR count). The zero-order valence-electron chi connectivity index (χ0n) is 21.2. The Morgan fingerprint density at radius 3 is 2.45 bits per heavy atom. The van der Waals surface area contributed by atoms with Crippen LogP contribution in [0.4, 0.5) is 24.5 Å². The van der Waals surface area contributed by atoms with Gasteiger partial charge in [-0.15, -0.1) is 0 Å². The first-order chi connectivity index (χ1) is 18.3. The van der Waals surface area contributed by atoms with Gasteiger partial charge in [0.15, 0.2) is 0 Å². The lowest BCUT2D eigenvalue weighted by atomic mass is 10.1. The minimum absolute atomic E-state index is 0.186. The van der Waals surface area contributed by atoms with Crippen molar-refractivity contribution in [1.82, 2.24) is 19.8 Å². The number of ether oxygens (including phenoxy) is 1. The number of para-hydroxylation sites is 1. The van der Waals surface area contributed by atoms with Crippen molar-refractivity contribution in [3.63, 3.8) is 0 Å². The van der Waals surface area contributed by atoms with Crippen LogP contribution in [0.1, 0.15) is 17.0 Å². The number of halogens is 3. The van der Waals surface area contributed by atoms with Crippen LogP contribution in [0.25, 0.3) is 10.9 Å². The van der Waals surface area contributed by atoms with Crippen molar-refractivity contribution in [3.8, 4) is 5.75 Å². The summed E-state index contributed by atoms with van der Waals surface area (Å²) < 4.78 is 46.9. The molecule has 1 N–H and O–H groups in total. The van der Waals surface area contributed by atoms with Crippen LogP contribution in [0, 0.1) is 6.92 Å². The molecule has 2 aromatic heterocycles. The summed E-state index contributed by atoms with van der Waals surface area (Å²) >= 11 is 0. The molecule has 0 unspecified atom stereocenters. The second-order valence-corrected chi connectivity index (χ2v) is 9.48. The first-order valence-electron chi connectivity index (χ1n) is 12.7. The number of nitrogens with one attached hydrogen (secondary N) is 1. The number of aryl methyl sites for hydroxylation is 1. The predicted molar refractivity (Wildman–Crippen MR) is 143 cm³/mol. The molecular weight excluding hydrogens is 491 g/mol. The molecule has 0 spiro atoms. The molecule has 0 saturated carbocycles. The van der Waals surface area contributed by atoms with Crippen LogP contribution < -0.4 is 10.1 Å². The molecular formula is C29H30F3N5O. The molecule has 38 heavy (non-hydrogen) atoms. The smallest absolute Gasteiger partial charge is 0.416 e. The Bertz CT molecular complexity index is 1370. The minimum atomic E-state index is -4.49. The molecule has 9 heteroatoms. The van der Waals surface area contributed by atoms with Crippen molar-refractivity contribution in [2.75, 3.05) is 44.6 Å². The van der Waals surface area contributed by atoms with E-state index in [1.54, 1.807) is 12.3 Å². The third kappa shape index (κ3) is 6.59. The van der Waals surface area contributed by atoms with Gasteiger partial charge < -0.3 is 10.1 Å². The highest BCUT2D eigenvalue weighted by atomic mass is 19.4. The predicted octanol–water partition coefficient (Wildman–Crippen LogP) is 5.90. The molecule has 1 saturated heterocycles. The van der Waals surface area contributed by atoms with E-state index in [2.05, 4.69) is 25.1 Å². The largest absolute Gasteiger partial charge is 0.492 e. The Morgan fingerprint density at radius 1 is 0.921 bits per heavy atom. The van der Waals surface area contributed by atoms with Gasteiger partial charge in [0.1, 0.15) is 12.4 Å². The second-order valence-electron chi connectivity index (χ2n) is 9.48. The van der Waals surface area contributed by atoms with Gasteiger partial charge in [-0.3, -0.25) is 19.8 Å². The number of alkyl halides is 3. The summed E-state index contributed by atoms with van der Waals surface area (Å²) in [7, 11) is 0. The topological polar surface area (TPSA) is 53.5 Å². The summed E-state index contributed by atoms with van der Waals surface area (Å²) in [6, 6.07) is 19.1. The lowest BCUT2D eigenvalue weighted by Crippen LogP contribution is -2.47. The Labute approximate surface area is 220 Å². The molecule has 1 aliphatic heterocycles. The molecule has 4 aromatic rings. The fraction of sp³-hybridized carbons (Fsp3) is 0.310. The summed E-state index contributed by atoms with van der Waals surface area (Å²) in [6.45, 7) is 7.19. The van der Waals surface area contributed by atoms with Crippen molar-refractivity contribution >= 4 is 22.3 Å². The number of piperazine rings is 1. The molecule has 0 amide bonds. The van der Waals surface area contributed by atoms with E-state index < -0.39 is 11.7 Å². The van der Waals surface area contributed by atoms with E-state index in [1.165, 1.54) is 0 Å². The van der Waals surface area contributed by atoms with Crippen LogP contribution in [0.15, 0.2) is 72.9 Å². The van der Waals surface area contributed by atoms with Gasteiger partial charge in [0.25, 0.3) is 0 Å². The maximum absolute atomic E-state index is 13.7. The number of fused-ring (bicyclic) bond motifs is 1. The van der Waals surface area contributed by atoms with E-state index in [4.69, 9.17) is 4.74 Å². The van der Waals surface area contributed by atoms with E-state index in [0.717, 1.165) is 67.1 Å². The lowest BCUT2D eigenvalue weighted by molar-refractivity contribution is -0.137. The SMILES string of the molecule is Cc1cc(Nc2cc(OCCN3CCN(Cc4ccccn4)CC3)cc(C(F)(F)F)c2)c2ccccc2n1. The van der Waals surface area contributed by atoms with E-state index >= 15 is 0 Å². The molecule has 198 valence electrons. The summed E-state index contributed by atoms with van der Waals surface area (Å²) in [5.41, 5.74) is 2.85. The maximum atomic E-state index is 13.7. The van der Waals surface area contributed by atoms with E-state index in [9.17, 15) is 13.2 Å². The summed E-state index contributed by atoms with van der Waals surface area (Å²) in [6.07, 6.45) is -2.69. The van der Waals surface area contributed by atoms with Gasteiger partial charge in [0.2, 0.25) is 0 Å². The third-order valence-corrected chi connectivity index (χ3v) is 6.61. The quantitative estimate of drug-likeness (QED) is 0.312. The number of rotatable bonds is 8. The van der Waals surface area contributed by atoms with Crippen molar-refractivity contribution in [2.24, 2.45) is 0 Å². The van der Waals surface area contributed by atoms with Gasteiger partial charge >= 0.3 is 6.18 Å². The highest BCUT2D eigenvalue weighted by Crippen LogP contribution is 2.36. The van der Waals surface area contributed by atoms with Crippen LogP contribution in [0.5, 0.6) is 5.75 Å². The van der Waals surface area contributed by atoms with E-state index in [-0.39, 0.29) is 5.75 Å². The van der Waals surface area contributed by atoms with Gasteiger partial charge in [0.05, 0.1) is 16.8 Å². The standard InChI is InChI=1S/C29H30F3N5O/c1-21-16-28(26-7-2-3-8-27(26)34-21)35-24-17-22(29(30,31)32)18-25(19-24)38-15-14-36-10-12-37(13-11-36)20-23-6-4-5-9-33-23/h2-9,16-19H,10-15,20H2,1H3,(H,34,35). The Morgan fingerprint density at radius 2 is 1.68 bits per heavy atom. The Hall–Kier alpha value is -3.69. The normalized spacial score (nSPS) is 15.1. The molecule has 0 atom stereocenters. The summed E-state index contributed by atoms with van der Waals surface area (Å²) in [5.74, 6) is 0.186. The monoisotopic (exact) mass is 521 g/mol. The molecule has 1 fully saturated rings. The number of hydrogen-bond acceptors (Lipinski definition) is 6. The minimum Gasteiger partial charge on any atom is -0.492 e. The molecule has 0 aliphatic carbocycles. The number of benzene rings is 2. The van der Waals surface area contributed by atoms with E-state index in [1.807, 2.05) is 55.5 Å². The average molecular weight is 522 g/mol. The zero-order chi connectivity index (χ0) is 26.5. The molecule has 2 aromatic carbocycles. The average Bonchev–Trinajstić information content (AvgIpc) is 2.90. The molecule has 1 aliphatic rings. The van der Waals surface area contributed by atoms with Crippen LogP contribution >= 0.6 is 0 Å². The molecule has 0 bridgehead atoms. The highest BCUT2D eigenvalue weighted by Gasteiger charge is 2.31. The Balaban J connectivity index is 1.22. The van der Waals surface area contributed by atoms with Gasteiger partial charge in [-0.1, -0.05) is 24.3 Å². The number of anilines is 2. The number of nitrogens with zero attached hydrogens (tertiary/aromatic N) is 4. The summed E-state index contributed by atoms with van der Waals surface area (Å²) in [4.78, 5) is 13.5.